The summed E-state index contributed by atoms with van der Waals surface area (Å²) in [5.74, 6) is 0.266. The summed E-state index contributed by atoms with van der Waals surface area (Å²) in [5, 5.41) is 4.82. The van der Waals surface area contributed by atoms with Gasteiger partial charge in [-0.05, 0) is 63.6 Å². The molecule has 0 bridgehead atoms. The average molecular weight is 508 g/mol. The fourth-order valence-corrected chi connectivity index (χ4v) is 5.08. The first-order valence-electron chi connectivity index (χ1n) is 12.4. The fraction of sp³-hybridized carbons (Fsp3) is 0.407. The Morgan fingerprint density at radius 2 is 2.00 bits per heavy atom. The molecule has 9 heteroatoms. The lowest BCUT2D eigenvalue weighted by Crippen LogP contribution is -2.24. The van der Waals surface area contributed by atoms with Crippen LogP contribution in [0.4, 0.5) is 4.39 Å². The summed E-state index contributed by atoms with van der Waals surface area (Å²) >= 11 is 6.00. The second-order valence-corrected chi connectivity index (χ2v) is 10.4. The number of hydrogen-bond donors (Lipinski definition) is 0. The van der Waals surface area contributed by atoms with E-state index in [9.17, 15) is 4.79 Å². The van der Waals surface area contributed by atoms with Crippen molar-refractivity contribution in [3.05, 3.63) is 80.5 Å². The Morgan fingerprint density at radius 1 is 1.17 bits per heavy atom. The molecule has 0 spiro atoms. The highest BCUT2D eigenvalue weighted by molar-refractivity contribution is 6.30. The number of nitrogens with zero attached hydrogens (tertiary/aromatic N) is 5. The van der Waals surface area contributed by atoms with Crippen LogP contribution in [0.5, 0.6) is 0 Å². The number of ether oxygens (including phenoxy) is 1. The van der Waals surface area contributed by atoms with E-state index in [1.54, 1.807) is 32.2 Å². The van der Waals surface area contributed by atoms with E-state index in [4.69, 9.17) is 21.3 Å². The molecule has 0 unspecified atom stereocenters. The van der Waals surface area contributed by atoms with Gasteiger partial charge in [-0.1, -0.05) is 11.6 Å². The average Bonchev–Trinajstić information content (AvgIpc) is 3.56. The molecule has 0 N–H and O–H groups in total. The van der Waals surface area contributed by atoms with Crippen LogP contribution < -0.4 is 5.56 Å². The van der Waals surface area contributed by atoms with E-state index in [0.717, 1.165) is 30.1 Å². The number of halogens is 2. The largest absolute Gasteiger partial charge is 0.373 e. The molecular formula is C27H27ClFN5O2. The quantitative estimate of drug-likeness (QED) is 0.361. The number of aromatic nitrogens is 5. The van der Waals surface area contributed by atoms with E-state index in [2.05, 4.69) is 16.3 Å². The summed E-state index contributed by atoms with van der Waals surface area (Å²) in [7, 11) is 0. The van der Waals surface area contributed by atoms with Crippen molar-refractivity contribution in [2.45, 2.75) is 58.1 Å². The fourth-order valence-electron chi connectivity index (χ4n) is 4.92. The van der Waals surface area contributed by atoms with Crippen molar-refractivity contribution in [1.82, 2.24) is 24.1 Å². The van der Waals surface area contributed by atoms with Crippen molar-refractivity contribution in [1.29, 1.82) is 0 Å². The molecule has 1 saturated carbocycles. The van der Waals surface area contributed by atoms with E-state index < -0.39 is 5.82 Å². The molecule has 0 radical (unpaired) electrons. The van der Waals surface area contributed by atoms with Gasteiger partial charge in [0.2, 0.25) is 0 Å². The van der Waals surface area contributed by atoms with Crippen LogP contribution in [0.3, 0.4) is 0 Å². The van der Waals surface area contributed by atoms with Gasteiger partial charge in [-0.15, -0.1) is 0 Å². The molecule has 1 aromatic carbocycles. The minimum absolute atomic E-state index is 0.0301. The van der Waals surface area contributed by atoms with Gasteiger partial charge in [0.1, 0.15) is 11.5 Å². The van der Waals surface area contributed by atoms with Gasteiger partial charge < -0.3 is 4.74 Å². The van der Waals surface area contributed by atoms with Crippen LogP contribution in [-0.2, 0) is 11.3 Å². The van der Waals surface area contributed by atoms with Crippen LogP contribution in [0.1, 0.15) is 60.2 Å². The van der Waals surface area contributed by atoms with E-state index in [1.807, 2.05) is 10.9 Å². The Kier molecular flexibility index (Phi) is 5.88. The van der Waals surface area contributed by atoms with Crippen molar-refractivity contribution in [2.75, 3.05) is 6.61 Å². The van der Waals surface area contributed by atoms with Crippen LogP contribution in [0.25, 0.3) is 16.9 Å². The minimum atomic E-state index is -0.505. The molecule has 1 aliphatic heterocycles. The molecule has 0 amide bonds. The molecule has 186 valence electrons. The zero-order valence-electron chi connectivity index (χ0n) is 20.2. The molecule has 2 aliphatic rings. The molecule has 3 aromatic heterocycles. The van der Waals surface area contributed by atoms with Gasteiger partial charge in [0, 0.05) is 58.9 Å². The summed E-state index contributed by atoms with van der Waals surface area (Å²) < 4.78 is 24.6. The number of rotatable bonds is 5. The Hall–Kier alpha value is -3.10. The smallest absolute Gasteiger partial charge is 0.261 e. The third-order valence-corrected chi connectivity index (χ3v) is 7.59. The Bertz CT molecular complexity index is 1530. The van der Waals surface area contributed by atoms with Gasteiger partial charge in [0.05, 0.1) is 18.0 Å². The maximum Gasteiger partial charge on any atom is 0.261 e. The van der Waals surface area contributed by atoms with E-state index >= 15 is 4.39 Å². The molecule has 2 atom stereocenters. The van der Waals surface area contributed by atoms with Crippen LogP contribution in [0.15, 0.2) is 41.6 Å². The predicted molar refractivity (Wildman–Crippen MR) is 135 cm³/mol. The van der Waals surface area contributed by atoms with E-state index in [1.165, 1.54) is 23.3 Å². The summed E-state index contributed by atoms with van der Waals surface area (Å²) in [4.78, 5) is 22.8. The van der Waals surface area contributed by atoms with Crippen LogP contribution >= 0.6 is 11.6 Å². The molecule has 1 saturated heterocycles. The Morgan fingerprint density at radius 3 is 2.78 bits per heavy atom. The van der Waals surface area contributed by atoms with Crippen LogP contribution in [-0.4, -0.2) is 30.8 Å². The van der Waals surface area contributed by atoms with Crippen molar-refractivity contribution in [2.24, 2.45) is 5.92 Å². The van der Waals surface area contributed by atoms with Crippen LogP contribution in [0.2, 0.25) is 5.02 Å². The lowest BCUT2D eigenvalue weighted by atomic mass is 9.90. The third kappa shape index (κ3) is 4.33. The molecule has 1 aliphatic carbocycles. The Balaban J connectivity index is 1.41. The first kappa shape index (κ1) is 23.3. The van der Waals surface area contributed by atoms with Gasteiger partial charge in [0.15, 0.2) is 5.65 Å². The monoisotopic (exact) mass is 507 g/mol. The van der Waals surface area contributed by atoms with Gasteiger partial charge in [-0.25, -0.2) is 14.4 Å². The Labute approximate surface area is 212 Å². The number of aryl methyl sites for hydroxylation is 1. The standard InChI is InChI=1S/C27H27ClFN5O2/c1-15-16(2)31-26-25(21-6-5-20(28)10-22(21)29)32-23(14-34(26)27(15)35)18-7-8-36-24(9-18)19-11-30-33(13-19)12-17-3-4-17/h5-6,10-11,13-14,17-18,24H,3-4,7-9,12H2,1-2H3/t18-,24+/m0/s1. The predicted octanol–water partition coefficient (Wildman–Crippen LogP) is 5.41. The normalized spacial score (nSPS) is 20.2. The van der Waals surface area contributed by atoms with Gasteiger partial charge in [-0.3, -0.25) is 13.9 Å². The number of fused-ring (bicyclic) bond motifs is 1. The molecule has 4 aromatic rings. The summed E-state index contributed by atoms with van der Waals surface area (Å²) in [6.45, 7) is 5.04. The highest BCUT2D eigenvalue weighted by Crippen LogP contribution is 2.38. The summed E-state index contributed by atoms with van der Waals surface area (Å²) in [5.41, 5.74) is 3.67. The van der Waals surface area contributed by atoms with Crippen molar-refractivity contribution in [3.63, 3.8) is 0 Å². The minimum Gasteiger partial charge on any atom is -0.373 e. The first-order valence-corrected chi connectivity index (χ1v) is 12.7. The van der Waals surface area contributed by atoms with E-state index in [-0.39, 0.29) is 23.1 Å². The van der Waals surface area contributed by atoms with Gasteiger partial charge >= 0.3 is 0 Å². The lowest BCUT2D eigenvalue weighted by Gasteiger charge is -2.29. The number of benzene rings is 1. The van der Waals surface area contributed by atoms with Crippen molar-refractivity contribution in [3.8, 4) is 11.3 Å². The lowest BCUT2D eigenvalue weighted by molar-refractivity contribution is 0.00454. The molecule has 7 nitrogen and oxygen atoms in total. The zero-order chi connectivity index (χ0) is 25.0. The second-order valence-electron chi connectivity index (χ2n) is 9.98. The highest BCUT2D eigenvalue weighted by Gasteiger charge is 2.29. The second kappa shape index (κ2) is 9.09. The van der Waals surface area contributed by atoms with Gasteiger partial charge in [-0.2, -0.15) is 5.10 Å². The van der Waals surface area contributed by atoms with Gasteiger partial charge in [0.25, 0.3) is 5.56 Å². The maximum absolute atomic E-state index is 15.0. The van der Waals surface area contributed by atoms with E-state index in [0.29, 0.717) is 40.6 Å². The molecule has 4 heterocycles. The number of hydrogen-bond acceptors (Lipinski definition) is 5. The first-order chi connectivity index (χ1) is 17.4. The molecule has 6 rings (SSSR count). The molecule has 2 fully saturated rings. The van der Waals surface area contributed by atoms with Crippen molar-refractivity contribution >= 4 is 17.2 Å². The SMILES string of the molecule is Cc1nc2c(-c3ccc(Cl)cc3F)nc([C@H]3CCO[C@@H](c4cnn(CC5CC5)c4)C3)cn2c(=O)c1C. The molecular weight excluding hydrogens is 481 g/mol. The van der Waals surface area contributed by atoms with Crippen molar-refractivity contribution < 1.29 is 9.13 Å². The highest BCUT2D eigenvalue weighted by atomic mass is 35.5. The summed E-state index contributed by atoms with van der Waals surface area (Å²) in [6, 6.07) is 4.46. The maximum atomic E-state index is 15.0. The topological polar surface area (TPSA) is 74.3 Å². The summed E-state index contributed by atoms with van der Waals surface area (Å²) in [6.07, 6.45) is 9.61. The third-order valence-electron chi connectivity index (χ3n) is 7.35. The zero-order valence-corrected chi connectivity index (χ0v) is 21.0. The molecule has 36 heavy (non-hydrogen) atoms. The van der Waals surface area contributed by atoms with Crippen LogP contribution in [0, 0.1) is 25.6 Å².